The highest BCUT2D eigenvalue weighted by Crippen LogP contribution is 2.11. The predicted octanol–water partition coefficient (Wildman–Crippen LogP) is 2.08. The van der Waals surface area contributed by atoms with E-state index >= 15 is 0 Å². The Labute approximate surface area is 82.6 Å². The van der Waals surface area contributed by atoms with Crippen molar-refractivity contribution in [3.8, 4) is 0 Å². The van der Waals surface area contributed by atoms with Gasteiger partial charge in [-0.25, -0.2) is 0 Å². The van der Waals surface area contributed by atoms with E-state index in [1.165, 1.54) is 0 Å². The van der Waals surface area contributed by atoms with Crippen molar-refractivity contribution in [1.29, 1.82) is 0 Å². The summed E-state index contributed by atoms with van der Waals surface area (Å²) in [6.07, 6.45) is 0. The van der Waals surface area contributed by atoms with Gasteiger partial charge in [0.2, 0.25) is 0 Å². The van der Waals surface area contributed by atoms with Crippen molar-refractivity contribution in [2.75, 3.05) is 6.54 Å². The molecule has 1 heterocycles. The van der Waals surface area contributed by atoms with Crippen LogP contribution < -0.4 is 5.32 Å². The molecule has 0 amide bonds. The summed E-state index contributed by atoms with van der Waals surface area (Å²) < 4.78 is 0. The van der Waals surface area contributed by atoms with Crippen LogP contribution in [0, 0.1) is 0 Å². The summed E-state index contributed by atoms with van der Waals surface area (Å²) in [5, 5.41) is 4.06. The van der Waals surface area contributed by atoms with Crippen LogP contribution in [0.1, 0.15) is 12.5 Å². The number of aliphatic imine (C=N–C) groups is 1. The topological polar surface area (TPSA) is 24.4 Å². The molecule has 1 unspecified atom stereocenters. The summed E-state index contributed by atoms with van der Waals surface area (Å²) in [4.78, 5) is 4.38. The number of benzene rings is 1. The normalized spacial score (nSPS) is 21.1. The standard InChI is InChI=1S/C10H11ClN2/c1-7-6-12-10(13-7)8-2-4-9(11)5-3-8/h2-5,7H,6H2,1H3,(H,12,13). The molecule has 0 saturated carbocycles. The molecule has 0 bridgehead atoms. The number of amidine groups is 1. The van der Waals surface area contributed by atoms with Crippen LogP contribution in [0.15, 0.2) is 29.3 Å². The van der Waals surface area contributed by atoms with Gasteiger partial charge in [-0.15, -0.1) is 0 Å². The molecule has 68 valence electrons. The van der Waals surface area contributed by atoms with Gasteiger partial charge in [0.1, 0.15) is 5.84 Å². The highest BCUT2D eigenvalue weighted by Gasteiger charge is 2.13. The Hall–Kier alpha value is -1.02. The number of halogens is 1. The highest BCUT2D eigenvalue weighted by molar-refractivity contribution is 6.30. The maximum Gasteiger partial charge on any atom is 0.128 e. The molecular weight excluding hydrogens is 184 g/mol. The molecule has 3 heteroatoms. The minimum absolute atomic E-state index is 0.450. The Balaban J connectivity index is 2.22. The third-order valence-corrected chi connectivity index (χ3v) is 2.28. The number of rotatable bonds is 1. The molecule has 1 aromatic carbocycles. The van der Waals surface area contributed by atoms with E-state index in [0.717, 1.165) is 23.0 Å². The third kappa shape index (κ3) is 1.83. The Morgan fingerprint density at radius 2 is 2.08 bits per heavy atom. The Kier molecular flexibility index (Phi) is 2.23. The fourth-order valence-electron chi connectivity index (χ4n) is 1.34. The van der Waals surface area contributed by atoms with Gasteiger partial charge in [-0.05, 0) is 31.2 Å². The predicted molar refractivity (Wildman–Crippen MR) is 55.5 cm³/mol. The first-order valence-electron chi connectivity index (χ1n) is 4.32. The molecule has 0 saturated heterocycles. The van der Waals surface area contributed by atoms with Crippen molar-refractivity contribution in [3.63, 3.8) is 0 Å². The van der Waals surface area contributed by atoms with Gasteiger partial charge in [0.15, 0.2) is 0 Å². The van der Waals surface area contributed by atoms with Gasteiger partial charge < -0.3 is 5.32 Å². The molecule has 2 rings (SSSR count). The SMILES string of the molecule is CC1CN=C(c2ccc(Cl)cc2)N1. The summed E-state index contributed by atoms with van der Waals surface area (Å²) in [6.45, 7) is 2.98. The fraction of sp³-hybridized carbons (Fsp3) is 0.300. The summed E-state index contributed by atoms with van der Waals surface area (Å²) in [5.74, 6) is 0.976. The van der Waals surface area contributed by atoms with E-state index in [9.17, 15) is 0 Å². The molecule has 0 fully saturated rings. The quantitative estimate of drug-likeness (QED) is 0.728. The molecule has 0 spiro atoms. The van der Waals surface area contributed by atoms with Crippen molar-refractivity contribution >= 4 is 17.4 Å². The molecule has 0 aliphatic carbocycles. The van der Waals surface area contributed by atoms with Crippen molar-refractivity contribution in [3.05, 3.63) is 34.9 Å². The zero-order chi connectivity index (χ0) is 9.26. The minimum atomic E-state index is 0.450. The average molecular weight is 195 g/mol. The van der Waals surface area contributed by atoms with E-state index < -0.39 is 0 Å². The first kappa shape index (κ1) is 8.57. The lowest BCUT2D eigenvalue weighted by Gasteiger charge is -2.05. The molecule has 0 radical (unpaired) electrons. The molecule has 13 heavy (non-hydrogen) atoms. The number of hydrogen-bond acceptors (Lipinski definition) is 2. The van der Waals surface area contributed by atoms with E-state index in [0.29, 0.717) is 6.04 Å². The second-order valence-electron chi connectivity index (χ2n) is 3.24. The molecule has 1 N–H and O–H groups in total. The molecule has 1 atom stereocenters. The average Bonchev–Trinajstić information content (AvgIpc) is 2.53. The molecule has 1 aromatic rings. The van der Waals surface area contributed by atoms with E-state index in [-0.39, 0.29) is 0 Å². The zero-order valence-corrected chi connectivity index (χ0v) is 8.17. The molecule has 2 nitrogen and oxygen atoms in total. The first-order valence-corrected chi connectivity index (χ1v) is 4.70. The van der Waals surface area contributed by atoms with Gasteiger partial charge in [0, 0.05) is 16.6 Å². The van der Waals surface area contributed by atoms with Gasteiger partial charge in [-0.3, -0.25) is 4.99 Å². The van der Waals surface area contributed by atoms with Crippen LogP contribution in [-0.4, -0.2) is 18.4 Å². The van der Waals surface area contributed by atoms with Gasteiger partial charge in [-0.2, -0.15) is 0 Å². The monoisotopic (exact) mass is 194 g/mol. The van der Waals surface area contributed by atoms with Gasteiger partial charge in [0.05, 0.1) is 6.54 Å². The van der Waals surface area contributed by atoms with Crippen LogP contribution >= 0.6 is 11.6 Å². The lowest BCUT2D eigenvalue weighted by molar-refractivity contribution is 0.726. The summed E-state index contributed by atoms with van der Waals surface area (Å²) in [6, 6.07) is 8.16. The smallest absolute Gasteiger partial charge is 0.128 e. The van der Waals surface area contributed by atoms with Crippen LogP contribution in [-0.2, 0) is 0 Å². The lowest BCUT2D eigenvalue weighted by Crippen LogP contribution is -2.27. The molecule has 0 aromatic heterocycles. The first-order chi connectivity index (χ1) is 6.25. The van der Waals surface area contributed by atoms with E-state index in [4.69, 9.17) is 11.6 Å². The van der Waals surface area contributed by atoms with E-state index in [1.807, 2.05) is 24.3 Å². The van der Waals surface area contributed by atoms with Gasteiger partial charge in [0.25, 0.3) is 0 Å². The maximum absolute atomic E-state index is 5.79. The minimum Gasteiger partial charge on any atom is -0.366 e. The Morgan fingerprint density at radius 1 is 1.38 bits per heavy atom. The van der Waals surface area contributed by atoms with E-state index in [1.54, 1.807) is 0 Å². The Bertz CT molecular complexity index is 329. The van der Waals surface area contributed by atoms with Crippen LogP contribution in [0.2, 0.25) is 5.02 Å². The van der Waals surface area contributed by atoms with Crippen LogP contribution in [0.3, 0.4) is 0 Å². The third-order valence-electron chi connectivity index (χ3n) is 2.02. The second-order valence-corrected chi connectivity index (χ2v) is 3.68. The number of hydrogen-bond donors (Lipinski definition) is 1. The number of nitrogens with zero attached hydrogens (tertiary/aromatic N) is 1. The summed E-state index contributed by atoms with van der Waals surface area (Å²) in [7, 11) is 0. The van der Waals surface area contributed by atoms with Crippen LogP contribution in [0.4, 0.5) is 0 Å². The molecule has 1 aliphatic heterocycles. The highest BCUT2D eigenvalue weighted by atomic mass is 35.5. The maximum atomic E-state index is 5.79. The van der Waals surface area contributed by atoms with Crippen LogP contribution in [0.25, 0.3) is 0 Å². The largest absolute Gasteiger partial charge is 0.366 e. The second kappa shape index (κ2) is 3.38. The van der Waals surface area contributed by atoms with Crippen molar-refractivity contribution in [2.45, 2.75) is 13.0 Å². The van der Waals surface area contributed by atoms with Crippen molar-refractivity contribution in [1.82, 2.24) is 5.32 Å². The van der Waals surface area contributed by atoms with Gasteiger partial charge >= 0.3 is 0 Å². The van der Waals surface area contributed by atoms with E-state index in [2.05, 4.69) is 17.2 Å². The summed E-state index contributed by atoms with van der Waals surface area (Å²) >= 11 is 5.79. The number of nitrogens with one attached hydrogen (secondary N) is 1. The lowest BCUT2D eigenvalue weighted by atomic mass is 10.2. The molecule has 1 aliphatic rings. The van der Waals surface area contributed by atoms with Crippen molar-refractivity contribution < 1.29 is 0 Å². The van der Waals surface area contributed by atoms with Crippen LogP contribution in [0.5, 0.6) is 0 Å². The zero-order valence-electron chi connectivity index (χ0n) is 7.42. The Morgan fingerprint density at radius 3 is 2.62 bits per heavy atom. The summed E-state index contributed by atoms with van der Waals surface area (Å²) in [5.41, 5.74) is 1.11. The fourth-order valence-corrected chi connectivity index (χ4v) is 1.46. The van der Waals surface area contributed by atoms with Gasteiger partial charge in [-0.1, -0.05) is 11.6 Å². The molecular formula is C10H11ClN2. The van der Waals surface area contributed by atoms with Crippen molar-refractivity contribution in [2.24, 2.45) is 4.99 Å².